The number of ether oxygens (including phenoxy) is 2. The number of hydrogen-bond donors (Lipinski definition) is 0. The van der Waals surface area contributed by atoms with E-state index < -0.39 is 0 Å². The van der Waals surface area contributed by atoms with Gasteiger partial charge >= 0.3 is 5.97 Å². The maximum absolute atomic E-state index is 11.8. The largest absolute Gasteiger partial charge is 0.466 e. The molecule has 1 saturated heterocycles. The SMILES string of the molecule is CCOC(=O)Cc1ccn(-c2cncc(-n3ncc4ccc(N5CCOCC5)cc43)n2)c1. The number of fused-ring (bicyclic) bond motifs is 1. The molecule has 1 aromatic carbocycles. The minimum atomic E-state index is -0.246. The molecule has 4 aromatic rings. The average molecular weight is 432 g/mol. The maximum Gasteiger partial charge on any atom is 0.310 e. The van der Waals surface area contributed by atoms with Crippen molar-refractivity contribution in [3.8, 4) is 11.6 Å². The summed E-state index contributed by atoms with van der Waals surface area (Å²) in [7, 11) is 0. The van der Waals surface area contributed by atoms with E-state index in [1.165, 1.54) is 0 Å². The fraction of sp³-hybridized carbons (Fsp3) is 0.304. The van der Waals surface area contributed by atoms with Gasteiger partial charge in [-0.1, -0.05) is 0 Å². The van der Waals surface area contributed by atoms with Crippen LogP contribution in [0.5, 0.6) is 0 Å². The van der Waals surface area contributed by atoms with Crippen LogP contribution in [-0.4, -0.2) is 63.2 Å². The van der Waals surface area contributed by atoms with Crippen LogP contribution in [-0.2, 0) is 20.7 Å². The van der Waals surface area contributed by atoms with Gasteiger partial charge in [0.05, 0.1) is 50.3 Å². The van der Waals surface area contributed by atoms with E-state index in [4.69, 9.17) is 14.5 Å². The molecule has 0 radical (unpaired) electrons. The molecule has 0 saturated carbocycles. The van der Waals surface area contributed by atoms with Crippen LogP contribution in [0.2, 0.25) is 0 Å². The average Bonchev–Trinajstić information content (AvgIpc) is 3.46. The van der Waals surface area contributed by atoms with Gasteiger partial charge in [-0.3, -0.25) is 9.78 Å². The van der Waals surface area contributed by atoms with Gasteiger partial charge in [0, 0.05) is 36.6 Å². The molecule has 0 amide bonds. The van der Waals surface area contributed by atoms with Crippen LogP contribution < -0.4 is 4.90 Å². The molecule has 0 unspecified atom stereocenters. The summed E-state index contributed by atoms with van der Waals surface area (Å²) in [5.41, 5.74) is 2.96. The van der Waals surface area contributed by atoms with Crippen LogP contribution >= 0.6 is 0 Å². The quantitative estimate of drug-likeness (QED) is 0.433. The Kier molecular flexibility index (Phi) is 5.55. The lowest BCUT2D eigenvalue weighted by molar-refractivity contribution is -0.142. The molecule has 1 aliphatic heterocycles. The van der Waals surface area contributed by atoms with Crippen molar-refractivity contribution in [2.75, 3.05) is 37.8 Å². The topological polar surface area (TPSA) is 87.3 Å². The zero-order valence-electron chi connectivity index (χ0n) is 17.8. The van der Waals surface area contributed by atoms with Crippen molar-refractivity contribution in [1.82, 2.24) is 24.3 Å². The van der Waals surface area contributed by atoms with Crippen LogP contribution in [0, 0.1) is 0 Å². The van der Waals surface area contributed by atoms with Gasteiger partial charge in [0.25, 0.3) is 0 Å². The minimum absolute atomic E-state index is 0.224. The molecule has 0 bridgehead atoms. The second-order valence-electron chi connectivity index (χ2n) is 7.54. The molecule has 3 aromatic heterocycles. The lowest BCUT2D eigenvalue weighted by atomic mass is 10.2. The summed E-state index contributed by atoms with van der Waals surface area (Å²) in [4.78, 5) is 23.2. The van der Waals surface area contributed by atoms with E-state index in [2.05, 4.69) is 33.2 Å². The molecule has 5 rings (SSSR count). The van der Waals surface area contributed by atoms with Crippen LogP contribution in [0.25, 0.3) is 22.5 Å². The van der Waals surface area contributed by atoms with Crippen molar-refractivity contribution in [2.45, 2.75) is 13.3 Å². The van der Waals surface area contributed by atoms with E-state index >= 15 is 0 Å². The first-order valence-electron chi connectivity index (χ1n) is 10.7. The third-order valence-corrected chi connectivity index (χ3v) is 5.43. The summed E-state index contributed by atoms with van der Waals surface area (Å²) in [6.07, 6.45) is 9.16. The molecule has 164 valence electrons. The number of morpholine rings is 1. The van der Waals surface area contributed by atoms with Crippen LogP contribution in [0.3, 0.4) is 0 Å². The predicted molar refractivity (Wildman–Crippen MR) is 119 cm³/mol. The van der Waals surface area contributed by atoms with Gasteiger partial charge in [0.2, 0.25) is 0 Å². The smallest absolute Gasteiger partial charge is 0.310 e. The minimum Gasteiger partial charge on any atom is -0.466 e. The molecule has 1 fully saturated rings. The first kappa shape index (κ1) is 20.2. The Labute approximate surface area is 185 Å². The summed E-state index contributed by atoms with van der Waals surface area (Å²) in [6.45, 7) is 5.39. The summed E-state index contributed by atoms with van der Waals surface area (Å²) < 4.78 is 14.1. The van der Waals surface area contributed by atoms with Crippen molar-refractivity contribution in [3.05, 3.63) is 60.8 Å². The molecule has 0 N–H and O–H groups in total. The number of carbonyl (C=O) groups excluding carboxylic acids is 1. The van der Waals surface area contributed by atoms with E-state index in [-0.39, 0.29) is 12.4 Å². The highest BCUT2D eigenvalue weighted by Gasteiger charge is 2.14. The Morgan fingerprint density at radius 3 is 2.81 bits per heavy atom. The Bertz CT molecular complexity index is 1240. The summed E-state index contributed by atoms with van der Waals surface area (Å²) in [5.74, 6) is 1.02. The highest BCUT2D eigenvalue weighted by atomic mass is 16.5. The van der Waals surface area contributed by atoms with Crippen molar-refractivity contribution in [3.63, 3.8) is 0 Å². The van der Waals surface area contributed by atoms with Gasteiger partial charge in [-0.15, -0.1) is 0 Å². The number of esters is 1. The summed E-state index contributed by atoms with van der Waals surface area (Å²) in [5, 5.41) is 5.59. The standard InChI is InChI=1S/C23H24N6O3/c1-2-32-23(30)11-17-5-6-28(16-17)21-14-24-15-22(26-21)29-20-12-19(4-3-18(20)13-25-29)27-7-9-31-10-8-27/h3-6,12-16H,2,7-11H2,1H3. The van der Waals surface area contributed by atoms with Crippen molar-refractivity contribution >= 4 is 22.6 Å². The normalized spacial score (nSPS) is 14.1. The zero-order valence-corrected chi connectivity index (χ0v) is 17.8. The van der Waals surface area contributed by atoms with Crippen molar-refractivity contribution in [1.29, 1.82) is 0 Å². The van der Waals surface area contributed by atoms with E-state index in [0.717, 1.165) is 48.5 Å². The Morgan fingerprint density at radius 2 is 1.97 bits per heavy atom. The number of anilines is 1. The Morgan fingerprint density at radius 1 is 1.12 bits per heavy atom. The van der Waals surface area contributed by atoms with Gasteiger partial charge in [-0.05, 0) is 36.8 Å². The van der Waals surface area contributed by atoms with E-state index in [1.807, 2.05) is 29.2 Å². The number of hydrogen-bond acceptors (Lipinski definition) is 7. The molecule has 9 nitrogen and oxygen atoms in total. The highest BCUT2D eigenvalue weighted by Crippen LogP contribution is 2.24. The van der Waals surface area contributed by atoms with E-state index in [1.54, 1.807) is 24.0 Å². The first-order chi connectivity index (χ1) is 15.7. The second-order valence-corrected chi connectivity index (χ2v) is 7.54. The fourth-order valence-corrected chi connectivity index (χ4v) is 3.85. The second kappa shape index (κ2) is 8.80. The van der Waals surface area contributed by atoms with Crippen molar-refractivity contribution in [2.24, 2.45) is 0 Å². The number of carbonyl (C=O) groups is 1. The molecule has 0 atom stereocenters. The molecular weight excluding hydrogens is 408 g/mol. The third-order valence-electron chi connectivity index (χ3n) is 5.43. The molecular formula is C23H24N6O3. The first-order valence-corrected chi connectivity index (χ1v) is 10.7. The van der Waals surface area contributed by atoms with Crippen molar-refractivity contribution < 1.29 is 14.3 Å². The predicted octanol–water partition coefficient (Wildman–Crippen LogP) is 2.55. The molecule has 32 heavy (non-hydrogen) atoms. The number of benzene rings is 1. The van der Waals surface area contributed by atoms with Gasteiger partial charge in [-0.2, -0.15) is 5.10 Å². The monoisotopic (exact) mass is 432 g/mol. The maximum atomic E-state index is 11.8. The fourth-order valence-electron chi connectivity index (χ4n) is 3.85. The summed E-state index contributed by atoms with van der Waals surface area (Å²) in [6, 6.07) is 8.21. The molecule has 1 aliphatic rings. The number of rotatable bonds is 6. The van der Waals surface area contributed by atoms with Crippen LogP contribution in [0.15, 0.2) is 55.2 Å². The Balaban J connectivity index is 1.44. The molecule has 0 spiro atoms. The molecule has 9 heteroatoms. The van der Waals surface area contributed by atoms with Gasteiger partial charge in [0.1, 0.15) is 0 Å². The van der Waals surface area contributed by atoms with Gasteiger partial charge in [-0.25, -0.2) is 9.67 Å². The lowest BCUT2D eigenvalue weighted by Gasteiger charge is -2.28. The Hall–Kier alpha value is -3.72. The third kappa shape index (κ3) is 4.06. The van der Waals surface area contributed by atoms with Crippen LogP contribution in [0.4, 0.5) is 5.69 Å². The van der Waals surface area contributed by atoms with Gasteiger partial charge in [0.15, 0.2) is 11.6 Å². The molecule has 0 aliphatic carbocycles. The van der Waals surface area contributed by atoms with E-state index in [9.17, 15) is 4.79 Å². The number of nitrogens with zero attached hydrogens (tertiary/aromatic N) is 6. The highest BCUT2D eigenvalue weighted by molar-refractivity contribution is 5.83. The van der Waals surface area contributed by atoms with Gasteiger partial charge < -0.3 is 18.9 Å². The lowest BCUT2D eigenvalue weighted by Crippen LogP contribution is -2.36. The summed E-state index contributed by atoms with van der Waals surface area (Å²) >= 11 is 0. The van der Waals surface area contributed by atoms with Crippen LogP contribution in [0.1, 0.15) is 12.5 Å². The van der Waals surface area contributed by atoms with E-state index in [0.29, 0.717) is 18.2 Å². The zero-order chi connectivity index (χ0) is 21.9. The molecule has 4 heterocycles. The number of aromatic nitrogens is 5.